The second kappa shape index (κ2) is 12.2. The minimum atomic E-state index is -0.412. The maximum absolute atomic E-state index is 12.0. The summed E-state index contributed by atoms with van der Waals surface area (Å²) in [5, 5.41) is 2.23. The number of hydrogen-bond acceptors (Lipinski definition) is 3. The van der Waals surface area contributed by atoms with Crippen molar-refractivity contribution < 1.29 is 14.0 Å². The first-order chi connectivity index (χ1) is 18.3. The number of nitrogens with zero attached hydrogens (tertiary/aromatic N) is 2. The van der Waals surface area contributed by atoms with Crippen molar-refractivity contribution in [3.05, 3.63) is 95.7 Å². The Kier molecular flexibility index (Phi) is 8.80. The van der Waals surface area contributed by atoms with Gasteiger partial charge in [0.15, 0.2) is 0 Å². The highest BCUT2D eigenvalue weighted by Gasteiger charge is 2.31. The normalized spacial score (nSPS) is 12.4. The molecule has 0 radical (unpaired) electrons. The van der Waals surface area contributed by atoms with E-state index >= 15 is 0 Å². The summed E-state index contributed by atoms with van der Waals surface area (Å²) in [5.74, 6) is 0.308. The molecule has 0 bridgehead atoms. The summed E-state index contributed by atoms with van der Waals surface area (Å²) in [4.78, 5) is 16.9. The molecule has 5 heteroatoms. The van der Waals surface area contributed by atoms with Gasteiger partial charge in [0.2, 0.25) is 11.8 Å². The maximum Gasteiger partial charge on any atom is 0.248 e. The number of benzene rings is 3. The van der Waals surface area contributed by atoms with Gasteiger partial charge in [-0.25, -0.2) is 4.98 Å². The zero-order chi connectivity index (χ0) is 27.1. The van der Waals surface area contributed by atoms with Gasteiger partial charge in [-0.3, -0.25) is 4.79 Å². The summed E-state index contributed by atoms with van der Waals surface area (Å²) in [6, 6.07) is 26.8. The van der Waals surface area contributed by atoms with Crippen LogP contribution >= 0.6 is 0 Å². The largest absolute Gasteiger partial charge is 0.471 e. The molecular formula is C33H40N3O2+. The quantitative estimate of drug-likeness (QED) is 0.210. The average molecular weight is 511 g/mol. The molecule has 4 rings (SSSR count). The first kappa shape index (κ1) is 27.3. The molecule has 38 heavy (non-hydrogen) atoms. The molecule has 4 aromatic rings. The highest BCUT2D eigenvalue weighted by molar-refractivity contribution is 5.94. The van der Waals surface area contributed by atoms with Crippen molar-refractivity contribution in [1.82, 2.24) is 4.98 Å². The van der Waals surface area contributed by atoms with Gasteiger partial charge in [0.25, 0.3) is 0 Å². The first-order valence-corrected chi connectivity index (χ1v) is 13.7. The lowest BCUT2D eigenvalue weighted by Gasteiger charge is -2.39. The lowest BCUT2D eigenvalue weighted by Crippen LogP contribution is -2.46. The molecule has 0 aliphatic heterocycles. The van der Waals surface area contributed by atoms with E-state index in [-0.39, 0.29) is 6.04 Å². The number of primary amides is 1. The van der Waals surface area contributed by atoms with E-state index in [1.165, 1.54) is 10.9 Å². The Morgan fingerprint density at radius 3 is 2.42 bits per heavy atom. The third-order valence-electron chi connectivity index (χ3n) is 7.46. The Labute approximate surface area is 226 Å². The van der Waals surface area contributed by atoms with Crippen molar-refractivity contribution in [3.63, 3.8) is 0 Å². The molecular weight excluding hydrogens is 470 g/mol. The van der Waals surface area contributed by atoms with Gasteiger partial charge in [-0.15, -0.1) is 0 Å². The summed E-state index contributed by atoms with van der Waals surface area (Å²) >= 11 is 0. The molecule has 0 aliphatic carbocycles. The Bertz CT molecular complexity index is 1380. The highest BCUT2D eigenvalue weighted by atomic mass is 16.5. The number of rotatable bonds is 12. The molecule has 1 amide bonds. The summed E-state index contributed by atoms with van der Waals surface area (Å²) < 4.78 is 7.12. The molecule has 0 aliphatic rings. The van der Waals surface area contributed by atoms with Crippen LogP contribution in [0.2, 0.25) is 0 Å². The molecule has 1 atom stereocenters. The number of carbonyl (C=O) groups excluding carboxylic acids is 1. The topological polar surface area (TPSA) is 65.2 Å². The van der Waals surface area contributed by atoms with Crippen LogP contribution in [0.4, 0.5) is 0 Å². The van der Waals surface area contributed by atoms with E-state index in [0.29, 0.717) is 12.2 Å². The number of hydrogen-bond donors (Lipinski definition) is 1. The van der Waals surface area contributed by atoms with Crippen LogP contribution in [-0.2, 0) is 6.42 Å². The Balaban J connectivity index is 1.59. The lowest BCUT2D eigenvalue weighted by molar-refractivity contribution is -0.921. The van der Waals surface area contributed by atoms with Crippen LogP contribution in [0.5, 0.6) is 5.88 Å². The number of aryl methyl sites for hydroxylation is 1. The molecule has 1 aromatic heterocycles. The molecule has 0 saturated heterocycles. The number of quaternary nitrogens is 1. The van der Waals surface area contributed by atoms with Crippen LogP contribution in [0.25, 0.3) is 21.9 Å². The van der Waals surface area contributed by atoms with Crippen LogP contribution in [0.3, 0.4) is 0 Å². The first-order valence-electron chi connectivity index (χ1n) is 13.7. The van der Waals surface area contributed by atoms with Gasteiger partial charge in [0.05, 0.1) is 14.1 Å². The molecule has 3 aromatic carbocycles. The Morgan fingerprint density at radius 2 is 1.71 bits per heavy atom. The zero-order valence-corrected chi connectivity index (χ0v) is 23.1. The van der Waals surface area contributed by atoms with Crippen molar-refractivity contribution in [1.29, 1.82) is 0 Å². The fourth-order valence-electron chi connectivity index (χ4n) is 5.31. The second-order valence-corrected chi connectivity index (χ2v) is 10.6. The van der Waals surface area contributed by atoms with E-state index in [1.807, 2.05) is 36.4 Å². The van der Waals surface area contributed by atoms with Gasteiger partial charge in [-0.2, -0.15) is 0 Å². The number of aromatic nitrogens is 1. The number of ether oxygens (including phenoxy) is 1. The van der Waals surface area contributed by atoms with Gasteiger partial charge < -0.3 is 15.0 Å². The van der Waals surface area contributed by atoms with Crippen molar-refractivity contribution >= 4 is 16.7 Å². The number of likely N-dealkylation sites (N-methyl/N-ethyl adjacent to an activating group) is 1. The van der Waals surface area contributed by atoms with Gasteiger partial charge in [-0.05, 0) is 53.6 Å². The number of pyridine rings is 1. The van der Waals surface area contributed by atoms with Crippen molar-refractivity contribution in [2.75, 3.05) is 27.2 Å². The molecule has 2 N–H and O–H groups in total. The Hall–Kier alpha value is -3.70. The van der Waals surface area contributed by atoms with E-state index in [9.17, 15) is 4.79 Å². The SMILES string of the molecule is CCCCc1cc2ccccc2c(OCC[N+](C)(C)[C@@H](CC)c2ccc(C(N)=O)cc2-c2ccccc2)n1. The average Bonchev–Trinajstić information content (AvgIpc) is 2.92. The van der Waals surface area contributed by atoms with Crippen LogP contribution < -0.4 is 10.5 Å². The highest BCUT2D eigenvalue weighted by Crippen LogP contribution is 2.36. The van der Waals surface area contributed by atoms with Crippen molar-refractivity contribution in [3.8, 4) is 17.0 Å². The molecule has 0 spiro atoms. The third-order valence-corrected chi connectivity index (χ3v) is 7.46. The number of fused-ring (bicyclic) bond motifs is 1. The number of amides is 1. The fraction of sp³-hybridized carbons (Fsp3) is 0.333. The lowest BCUT2D eigenvalue weighted by atomic mass is 9.90. The van der Waals surface area contributed by atoms with Crippen LogP contribution in [-0.4, -0.2) is 42.6 Å². The van der Waals surface area contributed by atoms with Crippen LogP contribution in [0.15, 0.2) is 78.9 Å². The predicted octanol–water partition coefficient (Wildman–Crippen LogP) is 6.95. The van der Waals surface area contributed by atoms with E-state index < -0.39 is 5.91 Å². The monoisotopic (exact) mass is 510 g/mol. The van der Waals surface area contributed by atoms with Crippen molar-refractivity contribution in [2.24, 2.45) is 5.73 Å². The van der Waals surface area contributed by atoms with E-state index in [1.54, 1.807) is 0 Å². The van der Waals surface area contributed by atoms with Gasteiger partial charge in [0, 0.05) is 28.6 Å². The molecule has 5 nitrogen and oxygen atoms in total. The fourth-order valence-corrected chi connectivity index (χ4v) is 5.31. The zero-order valence-electron chi connectivity index (χ0n) is 23.1. The van der Waals surface area contributed by atoms with Gasteiger partial charge >= 0.3 is 0 Å². The number of nitrogens with two attached hydrogens (primary N) is 1. The minimum Gasteiger partial charge on any atom is -0.471 e. The summed E-state index contributed by atoms with van der Waals surface area (Å²) in [6.45, 7) is 5.78. The molecule has 198 valence electrons. The molecule has 1 heterocycles. The van der Waals surface area contributed by atoms with Crippen LogP contribution in [0, 0.1) is 0 Å². The summed E-state index contributed by atoms with van der Waals surface area (Å²) in [6.07, 6.45) is 4.16. The summed E-state index contributed by atoms with van der Waals surface area (Å²) in [7, 11) is 4.50. The molecule has 0 fully saturated rings. The molecule has 0 unspecified atom stereocenters. The van der Waals surface area contributed by atoms with E-state index in [2.05, 4.69) is 70.4 Å². The second-order valence-electron chi connectivity index (χ2n) is 10.6. The van der Waals surface area contributed by atoms with E-state index in [4.69, 9.17) is 15.5 Å². The van der Waals surface area contributed by atoms with Gasteiger partial charge in [-0.1, -0.05) is 74.9 Å². The number of carbonyl (C=O) groups is 1. The standard InChI is InChI=1S/C33H39N3O2/c1-5-7-16-27-22-25-15-11-12-17-28(25)33(35-27)38-21-20-36(3,4)31(6-2)29-19-18-26(32(34)37)23-30(29)24-13-9-8-10-14-24/h8-15,17-19,22-23,31H,5-7,16,20-21H2,1-4H3,(H-,34,37)/p+1/t31-/m0/s1. The van der Waals surface area contributed by atoms with Crippen LogP contribution in [0.1, 0.15) is 60.8 Å². The molecule has 0 saturated carbocycles. The van der Waals surface area contributed by atoms with Crippen molar-refractivity contribution in [2.45, 2.75) is 45.6 Å². The smallest absolute Gasteiger partial charge is 0.248 e. The van der Waals surface area contributed by atoms with Gasteiger partial charge in [0.1, 0.15) is 19.2 Å². The Morgan fingerprint density at radius 1 is 0.974 bits per heavy atom. The maximum atomic E-state index is 12.0. The predicted molar refractivity (Wildman–Crippen MR) is 156 cm³/mol. The van der Waals surface area contributed by atoms with E-state index in [0.717, 1.165) is 64.8 Å². The number of unbranched alkanes of at least 4 members (excludes halogenated alkanes) is 1. The minimum absolute atomic E-state index is 0.205. The third kappa shape index (κ3) is 6.22. The summed E-state index contributed by atoms with van der Waals surface area (Å²) in [5.41, 5.74) is 10.6.